The predicted octanol–water partition coefficient (Wildman–Crippen LogP) is 1.13. The zero-order chi connectivity index (χ0) is 13.1. The largest absolute Gasteiger partial charge is 0.378 e. The second-order valence-electron chi connectivity index (χ2n) is 5.54. The van der Waals surface area contributed by atoms with Crippen LogP contribution < -0.4 is 0 Å². The number of likely N-dealkylation sites (N-methyl/N-ethyl adjacent to an activating group) is 1. The van der Waals surface area contributed by atoms with Crippen LogP contribution in [0.15, 0.2) is 11.6 Å². The third-order valence-corrected chi connectivity index (χ3v) is 3.98. The SMILES string of the molecule is CC(C)C1=CCN(C(=O)C2COCCN2C)CC1. The Bertz CT molecular complexity index is 339. The number of nitrogens with zero attached hydrogens (tertiary/aromatic N) is 2. The Morgan fingerprint density at radius 3 is 2.78 bits per heavy atom. The summed E-state index contributed by atoms with van der Waals surface area (Å²) < 4.78 is 5.42. The molecule has 0 radical (unpaired) electrons. The summed E-state index contributed by atoms with van der Waals surface area (Å²) in [5, 5.41) is 0. The summed E-state index contributed by atoms with van der Waals surface area (Å²) in [6.07, 6.45) is 3.23. The van der Waals surface area contributed by atoms with Crippen molar-refractivity contribution < 1.29 is 9.53 Å². The molecule has 2 heterocycles. The monoisotopic (exact) mass is 252 g/mol. The topological polar surface area (TPSA) is 32.8 Å². The van der Waals surface area contributed by atoms with Crippen LogP contribution in [0.4, 0.5) is 0 Å². The fraction of sp³-hybridized carbons (Fsp3) is 0.786. The van der Waals surface area contributed by atoms with Gasteiger partial charge >= 0.3 is 0 Å². The normalized spacial score (nSPS) is 26.3. The van der Waals surface area contributed by atoms with Crippen LogP contribution >= 0.6 is 0 Å². The van der Waals surface area contributed by atoms with E-state index in [9.17, 15) is 4.79 Å². The van der Waals surface area contributed by atoms with Crippen molar-refractivity contribution in [1.82, 2.24) is 9.80 Å². The summed E-state index contributed by atoms with van der Waals surface area (Å²) in [5.41, 5.74) is 1.48. The molecule has 2 aliphatic heterocycles. The van der Waals surface area contributed by atoms with Crippen molar-refractivity contribution in [3.63, 3.8) is 0 Å². The standard InChI is InChI=1S/C14H24N2O2/c1-11(2)12-4-6-16(7-5-12)14(17)13-10-18-9-8-15(13)3/h4,11,13H,5-10H2,1-3H3. The first-order valence-corrected chi connectivity index (χ1v) is 6.85. The Morgan fingerprint density at radius 1 is 1.44 bits per heavy atom. The van der Waals surface area contributed by atoms with E-state index in [-0.39, 0.29) is 11.9 Å². The minimum Gasteiger partial charge on any atom is -0.378 e. The lowest BCUT2D eigenvalue weighted by atomic mass is 9.96. The Balaban J connectivity index is 1.94. The minimum absolute atomic E-state index is 0.0900. The molecule has 4 heteroatoms. The highest BCUT2D eigenvalue weighted by molar-refractivity contribution is 5.82. The van der Waals surface area contributed by atoms with E-state index in [1.807, 2.05) is 11.9 Å². The summed E-state index contributed by atoms with van der Waals surface area (Å²) in [5.74, 6) is 0.819. The molecule has 102 valence electrons. The molecule has 0 aliphatic carbocycles. The molecule has 0 aromatic heterocycles. The van der Waals surface area contributed by atoms with E-state index < -0.39 is 0 Å². The van der Waals surface area contributed by atoms with Crippen molar-refractivity contribution >= 4 is 5.91 Å². The maximum absolute atomic E-state index is 12.4. The molecule has 0 N–H and O–H groups in total. The predicted molar refractivity (Wildman–Crippen MR) is 71.4 cm³/mol. The van der Waals surface area contributed by atoms with Crippen LogP contribution in [0.2, 0.25) is 0 Å². The second-order valence-corrected chi connectivity index (χ2v) is 5.54. The van der Waals surface area contributed by atoms with Crippen molar-refractivity contribution in [3.8, 4) is 0 Å². The van der Waals surface area contributed by atoms with Gasteiger partial charge < -0.3 is 9.64 Å². The van der Waals surface area contributed by atoms with Crippen molar-refractivity contribution in [2.75, 3.05) is 39.9 Å². The molecule has 1 unspecified atom stereocenters. The van der Waals surface area contributed by atoms with Crippen molar-refractivity contribution in [3.05, 3.63) is 11.6 Å². The first kappa shape index (κ1) is 13.6. The highest BCUT2D eigenvalue weighted by Crippen LogP contribution is 2.20. The highest BCUT2D eigenvalue weighted by atomic mass is 16.5. The van der Waals surface area contributed by atoms with E-state index in [1.54, 1.807) is 0 Å². The lowest BCUT2D eigenvalue weighted by Gasteiger charge is -2.36. The number of hydrogen-bond donors (Lipinski definition) is 0. The number of ether oxygens (including phenoxy) is 1. The minimum atomic E-state index is -0.0900. The molecule has 2 aliphatic rings. The lowest BCUT2D eigenvalue weighted by Crippen LogP contribution is -2.54. The van der Waals surface area contributed by atoms with Crippen LogP contribution in [0, 0.1) is 5.92 Å². The molecule has 1 atom stereocenters. The van der Waals surface area contributed by atoms with Crippen molar-refractivity contribution in [1.29, 1.82) is 0 Å². The summed E-state index contributed by atoms with van der Waals surface area (Å²) in [6, 6.07) is -0.0900. The highest BCUT2D eigenvalue weighted by Gasteiger charge is 2.31. The van der Waals surface area contributed by atoms with Gasteiger partial charge in [-0.15, -0.1) is 0 Å². The van der Waals surface area contributed by atoms with E-state index in [2.05, 4.69) is 24.8 Å². The molecule has 2 rings (SSSR count). The average molecular weight is 252 g/mol. The average Bonchev–Trinajstić information content (AvgIpc) is 2.38. The zero-order valence-corrected chi connectivity index (χ0v) is 11.7. The molecule has 1 amide bonds. The summed E-state index contributed by atoms with van der Waals surface area (Å²) in [4.78, 5) is 16.5. The fourth-order valence-electron chi connectivity index (χ4n) is 2.57. The number of rotatable bonds is 2. The molecule has 0 saturated carbocycles. The fourth-order valence-corrected chi connectivity index (χ4v) is 2.57. The van der Waals surface area contributed by atoms with Gasteiger partial charge in [-0.2, -0.15) is 0 Å². The smallest absolute Gasteiger partial charge is 0.242 e. The van der Waals surface area contributed by atoms with Crippen molar-refractivity contribution in [2.45, 2.75) is 26.3 Å². The maximum atomic E-state index is 12.4. The molecular formula is C14H24N2O2. The Morgan fingerprint density at radius 2 is 2.22 bits per heavy atom. The molecule has 18 heavy (non-hydrogen) atoms. The van der Waals surface area contributed by atoms with Gasteiger partial charge in [-0.25, -0.2) is 0 Å². The second kappa shape index (κ2) is 5.85. The van der Waals surface area contributed by atoms with E-state index in [0.717, 1.165) is 32.7 Å². The van der Waals surface area contributed by atoms with Gasteiger partial charge in [0.15, 0.2) is 0 Å². The number of morpholine rings is 1. The molecule has 0 aromatic rings. The first-order valence-electron chi connectivity index (χ1n) is 6.85. The van der Waals surface area contributed by atoms with Crippen LogP contribution in [-0.4, -0.2) is 61.6 Å². The number of hydrogen-bond acceptors (Lipinski definition) is 3. The van der Waals surface area contributed by atoms with Crippen LogP contribution in [0.1, 0.15) is 20.3 Å². The maximum Gasteiger partial charge on any atom is 0.242 e. The number of carbonyl (C=O) groups excluding carboxylic acids is 1. The molecular weight excluding hydrogens is 228 g/mol. The van der Waals surface area contributed by atoms with Crippen LogP contribution in [0.5, 0.6) is 0 Å². The first-order chi connectivity index (χ1) is 8.59. The van der Waals surface area contributed by atoms with Gasteiger partial charge in [0.2, 0.25) is 5.91 Å². The van der Waals surface area contributed by atoms with Gasteiger partial charge in [0.05, 0.1) is 13.2 Å². The van der Waals surface area contributed by atoms with Gasteiger partial charge in [-0.05, 0) is 19.4 Å². The molecule has 0 spiro atoms. The van der Waals surface area contributed by atoms with E-state index in [4.69, 9.17) is 4.74 Å². The number of amides is 1. The quantitative estimate of drug-likeness (QED) is 0.691. The van der Waals surface area contributed by atoms with E-state index in [0.29, 0.717) is 12.5 Å². The Hall–Kier alpha value is -0.870. The van der Waals surface area contributed by atoms with Gasteiger partial charge in [-0.1, -0.05) is 25.5 Å². The number of carbonyl (C=O) groups is 1. The van der Waals surface area contributed by atoms with Gasteiger partial charge in [0.25, 0.3) is 0 Å². The molecule has 1 fully saturated rings. The molecule has 1 saturated heterocycles. The lowest BCUT2D eigenvalue weighted by molar-refractivity contribution is -0.141. The van der Waals surface area contributed by atoms with Crippen LogP contribution in [-0.2, 0) is 9.53 Å². The van der Waals surface area contributed by atoms with Gasteiger partial charge in [0, 0.05) is 19.6 Å². The van der Waals surface area contributed by atoms with E-state index >= 15 is 0 Å². The third-order valence-electron chi connectivity index (χ3n) is 3.98. The third kappa shape index (κ3) is 2.93. The zero-order valence-electron chi connectivity index (χ0n) is 11.7. The Labute approximate surface area is 110 Å². The van der Waals surface area contributed by atoms with Crippen molar-refractivity contribution in [2.24, 2.45) is 5.92 Å². The summed E-state index contributed by atoms with van der Waals surface area (Å²) in [7, 11) is 2.00. The van der Waals surface area contributed by atoms with Gasteiger partial charge in [0.1, 0.15) is 6.04 Å². The molecule has 4 nitrogen and oxygen atoms in total. The van der Waals surface area contributed by atoms with E-state index in [1.165, 1.54) is 5.57 Å². The van der Waals surface area contributed by atoms with Gasteiger partial charge in [-0.3, -0.25) is 9.69 Å². The Kier molecular flexibility index (Phi) is 4.40. The molecule has 0 bridgehead atoms. The summed E-state index contributed by atoms with van der Waals surface area (Å²) in [6.45, 7) is 8.16. The summed E-state index contributed by atoms with van der Waals surface area (Å²) >= 11 is 0. The molecule has 0 aromatic carbocycles. The van der Waals surface area contributed by atoms with Crippen LogP contribution in [0.25, 0.3) is 0 Å². The van der Waals surface area contributed by atoms with Crippen LogP contribution in [0.3, 0.4) is 0 Å².